The molecule has 0 aliphatic heterocycles. The zero-order valence-electron chi connectivity index (χ0n) is 11.6. The summed E-state index contributed by atoms with van der Waals surface area (Å²) < 4.78 is 1.60. The zero-order valence-corrected chi connectivity index (χ0v) is 11.6. The molecule has 1 aromatic carbocycles. The maximum Gasteiger partial charge on any atom is 0.323 e. The first kappa shape index (κ1) is 13.1. The van der Waals surface area contributed by atoms with Gasteiger partial charge in [-0.1, -0.05) is 19.1 Å². The van der Waals surface area contributed by atoms with Gasteiger partial charge in [-0.05, 0) is 36.2 Å². The number of nitrogens with one attached hydrogen (secondary N) is 2. The average molecular weight is 281 g/mol. The van der Waals surface area contributed by atoms with Crippen molar-refractivity contribution in [2.75, 3.05) is 10.6 Å². The maximum absolute atomic E-state index is 12.0. The molecule has 2 amide bonds. The van der Waals surface area contributed by atoms with E-state index in [-0.39, 0.29) is 6.03 Å². The molecule has 6 heteroatoms. The third kappa shape index (κ3) is 2.84. The highest BCUT2D eigenvalue weighted by Crippen LogP contribution is 2.14. The monoisotopic (exact) mass is 281 g/mol. The standard InChI is InChI=1S/C15H15N5O/c1-2-11-5-7-12(8-6-11)18-15(21)19-13-4-3-9-20-14(13)16-10-17-20/h3-10H,2H2,1H3,(H2,18,19,21). The van der Waals surface area contributed by atoms with E-state index in [9.17, 15) is 4.79 Å². The summed E-state index contributed by atoms with van der Waals surface area (Å²) in [6, 6.07) is 11.0. The molecule has 0 bridgehead atoms. The Bertz CT molecular complexity index is 763. The Morgan fingerprint density at radius 1 is 1.19 bits per heavy atom. The molecule has 0 unspecified atom stereocenters. The minimum absolute atomic E-state index is 0.310. The van der Waals surface area contributed by atoms with E-state index in [1.54, 1.807) is 22.8 Å². The summed E-state index contributed by atoms with van der Waals surface area (Å²) in [5.41, 5.74) is 3.19. The first-order valence-corrected chi connectivity index (χ1v) is 6.71. The highest BCUT2D eigenvalue weighted by molar-refractivity contribution is 6.01. The van der Waals surface area contributed by atoms with Crippen LogP contribution in [0, 0.1) is 0 Å². The maximum atomic E-state index is 12.0. The van der Waals surface area contributed by atoms with Crippen molar-refractivity contribution in [1.82, 2.24) is 14.6 Å². The molecule has 21 heavy (non-hydrogen) atoms. The number of aromatic nitrogens is 3. The molecule has 0 aliphatic carbocycles. The first-order chi connectivity index (χ1) is 10.3. The molecule has 3 rings (SSSR count). The van der Waals surface area contributed by atoms with E-state index in [1.165, 1.54) is 11.9 Å². The van der Waals surface area contributed by atoms with Crippen LogP contribution < -0.4 is 10.6 Å². The fraction of sp³-hybridized carbons (Fsp3) is 0.133. The van der Waals surface area contributed by atoms with Gasteiger partial charge in [0, 0.05) is 11.9 Å². The topological polar surface area (TPSA) is 71.3 Å². The number of benzene rings is 1. The number of pyridine rings is 1. The Hall–Kier alpha value is -2.89. The van der Waals surface area contributed by atoms with Crippen LogP contribution in [0.5, 0.6) is 0 Å². The summed E-state index contributed by atoms with van der Waals surface area (Å²) >= 11 is 0. The number of rotatable bonds is 3. The molecule has 2 aromatic heterocycles. The van der Waals surface area contributed by atoms with E-state index in [2.05, 4.69) is 27.6 Å². The smallest absolute Gasteiger partial charge is 0.308 e. The second kappa shape index (κ2) is 5.62. The normalized spacial score (nSPS) is 10.5. The second-order valence-corrected chi connectivity index (χ2v) is 4.58. The largest absolute Gasteiger partial charge is 0.323 e. The first-order valence-electron chi connectivity index (χ1n) is 6.71. The van der Waals surface area contributed by atoms with E-state index < -0.39 is 0 Å². The summed E-state index contributed by atoms with van der Waals surface area (Å²) in [5.74, 6) is 0. The van der Waals surface area contributed by atoms with Crippen molar-refractivity contribution in [2.24, 2.45) is 0 Å². The lowest BCUT2D eigenvalue weighted by molar-refractivity contribution is 0.262. The van der Waals surface area contributed by atoms with Crippen LogP contribution in [0.1, 0.15) is 12.5 Å². The van der Waals surface area contributed by atoms with Gasteiger partial charge < -0.3 is 10.6 Å². The Morgan fingerprint density at radius 3 is 2.76 bits per heavy atom. The van der Waals surface area contributed by atoms with Gasteiger partial charge in [0.05, 0.1) is 5.69 Å². The van der Waals surface area contributed by atoms with E-state index in [1.807, 2.05) is 24.3 Å². The third-order valence-corrected chi connectivity index (χ3v) is 3.17. The number of anilines is 2. The summed E-state index contributed by atoms with van der Waals surface area (Å²) in [5, 5.41) is 9.59. The molecule has 0 radical (unpaired) electrons. The van der Waals surface area contributed by atoms with Crippen LogP contribution in [0.25, 0.3) is 5.65 Å². The average Bonchev–Trinajstić information content (AvgIpc) is 2.97. The van der Waals surface area contributed by atoms with E-state index >= 15 is 0 Å². The number of carbonyl (C=O) groups is 1. The lowest BCUT2D eigenvalue weighted by atomic mass is 10.1. The fourth-order valence-corrected chi connectivity index (χ4v) is 2.05. The molecule has 0 spiro atoms. The number of carbonyl (C=O) groups excluding carboxylic acids is 1. The van der Waals surface area contributed by atoms with Crippen molar-refractivity contribution in [3.63, 3.8) is 0 Å². The highest BCUT2D eigenvalue weighted by Gasteiger charge is 2.07. The number of urea groups is 1. The molecule has 3 aromatic rings. The van der Waals surface area contributed by atoms with Crippen LogP contribution in [0.3, 0.4) is 0 Å². The Morgan fingerprint density at radius 2 is 2.00 bits per heavy atom. The van der Waals surface area contributed by atoms with Gasteiger partial charge in [-0.2, -0.15) is 5.10 Å². The molecular formula is C15H15N5O. The summed E-state index contributed by atoms with van der Waals surface area (Å²) in [6.07, 6.45) is 4.19. The molecule has 2 N–H and O–H groups in total. The predicted molar refractivity (Wildman–Crippen MR) is 81.4 cm³/mol. The number of amides is 2. The minimum Gasteiger partial charge on any atom is -0.308 e. The second-order valence-electron chi connectivity index (χ2n) is 4.58. The fourth-order valence-electron chi connectivity index (χ4n) is 2.05. The Kier molecular flexibility index (Phi) is 3.51. The molecule has 0 saturated carbocycles. The lowest BCUT2D eigenvalue weighted by Crippen LogP contribution is -2.19. The van der Waals surface area contributed by atoms with E-state index in [4.69, 9.17) is 0 Å². The minimum atomic E-state index is -0.310. The summed E-state index contributed by atoms with van der Waals surface area (Å²) in [6.45, 7) is 2.09. The quantitative estimate of drug-likeness (QED) is 0.775. The molecule has 106 valence electrons. The van der Waals surface area contributed by atoms with Crippen LogP contribution in [-0.4, -0.2) is 20.6 Å². The van der Waals surface area contributed by atoms with Gasteiger partial charge in [-0.3, -0.25) is 0 Å². The van der Waals surface area contributed by atoms with Crippen LogP contribution in [0.15, 0.2) is 48.9 Å². The molecule has 2 heterocycles. The van der Waals surface area contributed by atoms with Crippen molar-refractivity contribution in [3.05, 3.63) is 54.5 Å². The summed E-state index contributed by atoms with van der Waals surface area (Å²) in [7, 11) is 0. The molecule has 6 nitrogen and oxygen atoms in total. The van der Waals surface area contributed by atoms with Gasteiger partial charge in [0.25, 0.3) is 0 Å². The van der Waals surface area contributed by atoms with Crippen molar-refractivity contribution < 1.29 is 4.79 Å². The Labute approximate surface area is 121 Å². The van der Waals surface area contributed by atoms with Gasteiger partial charge in [-0.25, -0.2) is 14.3 Å². The van der Waals surface area contributed by atoms with Crippen LogP contribution >= 0.6 is 0 Å². The molecular weight excluding hydrogens is 266 g/mol. The van der Waals surface area contributed by atoms with Crippen LogP contribution in [0.2, 0.25) is 0 Å². The number of aryl methyl sites for hydroxylation is 1. The number of hydrogen-bond acceptors (Lipinski definition) is 3. The highest BCUT2D eigenvalue weighted by atomic mass is 16.2. The zero-order chi connectivity index (χ0) is 14.7. The van der Waals surface area contributed by atoms with Crippen molar-refractivity contribution >= 4 is 23.1 Å². The number of fused-ring (bicyclic) bond motifs is 1. The lowest BCUT2D eigenvalue weighted by Gasteiger charge is -2.08. The van der Waals surface area contributed by atoms with Crippen LogP contribution in [-0.2, 0) is 6.42 Å². The van der Waals surface area contributed by atoms with Gasteiger partial charge in [0.1, 0.15) is 6.33 Å². The third-order valence-electron chi connectivity index (χ3n) is 3.17. The van der Waals surface area contributed by atoms with Gasteiger partial charge in [0.2, 0.25) is 0 Å². The van der Waals surface area contributed by atoms with Gasteiger partial charge >= 0.3 is 6.03 Å². The molecule has 0 aliphatic rings. The number of hydrogen-bond donors (Lipinski definition) is 2. The van der Waals surface area contributed by atoms with E-state index in [0.717, 1.165) is 12.1 Å². The van der Waals surface area contributed by atoms with Crippen molar-refractivity contribution in [1.29, 1.82) is 0 Å². The van der Waals surface area contributed by atoms with E-state index in [0.29, 0.717) is 11.3 Å². The van der Waals surface area contributed by atoms with Crippen molar-refractivity contribution in [3.8, 4) is 0 Å². The van der Waals surface area contributed by atoms with Crippen molar-refractivity contribution in [2.45, 2.75) is 13.3 Å². The molecule has 0 atom stereocenters. The molecule has 0 fully saturated rings. The van der Waals surface area contributed by atoms with Gasteiger partial charge in [-0.15, -0.1) is 0 Å². The predicted octanol–water partition coefficient (Wildman–Crippen LogP) is 2.94. The van der Waals surface area contributed by atoms with Gasteiger partial charge in [0.15, 0.2) is 5.65 Å². The summed E-state index contributed by atoms with van der Waals surface area (Å²) in [4.78, 5) is 16.1. The molecule has 0 saturated heterocycles. The Balaban J connectivity index is 1.72. The SMILES string of the molecule is CCc1ccc(NC(=O)Nc2cccn3ncnc23)cc1. The van der Waals surface area contributed by atoms with Crippen LogP contribution in [0.4, 0.5) is 16.2 Å². The number of nitrogens with zero attached hydrogens (tertiary/aromatic N) is 3.